The van der Waals surface area contributed by atoms with Crippen LogP contribution in [0.3, 0.4) is 0 Å². The average Bonchev–Trinajstić information content (AvgIpc) is 2.26. The fourth-order valence-corrected chi connectivity index (χ4v) is 1.95. The Bertz CT molecular complexity index is 336. The summed E-state index contributed by atoms with van der Waals surface area (Å²) in [6, 6.07) is 2.19. The molecule has 0 aromatic heterocycles. The highest BCUT2D eigenvalue weighted by molar-refractivity contribution is 5.23. The molecule has 0 unspecified atom stereocenters. The highest BCUT2D eigenvalue weighted by atomic mass is 19.2. The maximum Gasteiger partial charge on any atom is 0.194 e. The first-order valence-corrected chi connectivity index (χ1v) is 5.03. The molecule has 1 heterocycles. The van der Waals surface area contributed by atoms with Crippen molar-refractivity contribution in [3.8, 4) is 0 Å². The van der Waals surface area contributed by atoms with Gasteiger partial charge in [0, 0.05) is 6.54 Å². The van der Waals surface area contributed by atoms with Crippen LogP contribution in [0.5, 0.6) is 0 Å². The van der Waals surface area contributed by atoms with Gasteiger partial charge in [0.25, 0.3) is 0 Å². The maximum atomic E-state index is 13.0. The third kappa shape index (κ3) is 2.15. The van der Waals surface area contributed by atoms with Gasteiger partial charge in [-0.3, -0.25) is 0 Å². The second-order valence-electron chi connectivity index (χ2n) is 3.84. The Morgan fingerprint density at radius 2 is 1.80 bits per heavy atom. The van der Waals surface area contributed by atoms with Crippen LogP contribution in [0.1, 0.15) is 24.3 Å². The minimum absolute atomic E-state index is 0.0864. The van der Waals surface area contributed by atoms with Crippen LogP contribution in [0, 0.1) is 17.5 Å². The number of nitrogens with one attached hydrogen (secondary N) is 1. The third-order valence-electron chi connectivity index (χ3n) is 2.77. The third-order valence-corrected chi connectivity index (χ3v) is 2.77. The maximum absolute atomic E-state index is 13.0. The molecule has 0 saturated carbocycles. The summed E-state index contributed by atoms with van der Waals surface area (Å²) in [7, 11) is 0. The first-order valence-electron chi connectivity index (χ1n) is 5.03. The Labute approximate surface area is 86.3 Å². The molecule has 1 aliphatic rings. The Balaban J connectivity index is 2.27. The topological polar surface area (TPSA) is 12.0 Å². The summed E-state index contributed by atoms with van der Waals surface area (Å²) in [6.07, 6.45) is 1.86. The molecule has 1 N–H and O–H groups in total. The Hall–Kier alpha value is -1.03. The van der Waals surface area contributed by atoms with Crippen molar-refractivity contribution in [1.82, 2.24) is 5.32 Å². The molecule has 0 spiro atoms. The number of rotatable bonds is 1. The summed E-state index contributed by atoms with van der Waals surface area (Å²) in [4.78, 5) is 0. The van der Waals surface area contributed by atoms with Crippen molar-refractivity contribution in [2.45, 2.75) is 18.8 Å². The van der Waals surface area contributed by atoms with Crippen molar-refractivity contribution in [2.75, 3.05) is 13.1 Å². The van der Waals surface area contributed by atoms with Crippen molar-refractivity contribution < 1.29 is 13.2 Å². The zero-order valence-electron chi connectivity index (χ0n) is 8.19. The van der Waals surface area contributed by atoms with Crippen LogP contribution in [0.15, 0.2) is 12.1 Å². The lowest BCUT2D eigenvalue weighted by Gasteiger charge is -2.23. The van der Waals surface area contributed by atoms with Gasteiger partial charge in [-0.05, 0) is 43.0 Å². The number of hydrogen-bond donors (Lipinski definition) is 1. The normalized spacial score (nSPS) is 21.7. The van der Waals surface area contributed by atoms with E-state index in [1.54, 1.807) is 0 Å². The minimum Gasteiger partial charge on any atom is -0.316 e. The van der Waals surface area contributed by atoms with Gasteiger partial charge in [0.15, 0.2) is 17.5 Å². The summed E-state index contributed by atoms with van der Waals surface area (Å²) >= 11 is 0. The van der Waals surface area contributed by atoms with E-state index in [0.717, 1.165) is 31.5 Å². The second-order valence-corrected chi connectivity index (χ2v) is 3.84. The molecule has 1 aromatic carbocycles. The first-order chi connectivity index (χ1) is 7.18. The van der Waals surface area contributed by atoms with Gasteiger partial charge in [-0.1, -0.05) is 0 Å². The van der Waals surface area contributed by atoms with Crippen molar-refractivity contribution in [2.24, 2.45) is 0 Å². The summed E-state index contributed by atoms with van der Waals surface area (Å²) in [5.74, 6) is -3.50. The van der Waals surface area contributed by atoms with Gasteiger partial charge in [0.05, 0.1) is 0 Å². The van der Waals surface area contributed by atoms with E-state index < -0.39 is 17.5 Å². The summed E-state index contributed by atoms with van der Waals surface area (Å²) in [5, 5.41) is 3.15. The van der Waals surface area contributed by atoms with E-state index in [-0.39, 0.29) is 5.92 Å². The van der Waals surface area contributed by atoms with Gasteiger partial charge in [-0.15, -0.1) is 0 Å². The molecule has 0 aliphatic carbocycles. The lowest BCUT2D eigenvalue weighted by molar-refractivity contribution is 0.430. The lowest BCUT2D eigenvalue weighted by atomic mass is 9.91. The van der Waals surface area contributed by atoms with Gasteiger partial charge in [0.1, 0.15) is 0 Å². The molecule has 1 nitrogen and oxygen atoms in total. The van der Waals surface area contributed by atoms with Gasteiger partial charge < -0.3 is 5.32 Å². The fourth-order valence-electron chi connectivity index (χ4n) is 1.95. The van der Waals surface area contributed by atoms with Crippen LogP contribution >= 0.6 is 0 Å². The van der Waals surface area contributed by atoms with Crippen molar-refractivity contribution >= 4 is 0 Å². The number of halogens is 3. The van der Waals surface area contributed by atoms with E-state index in [2.05, 4.69) is 5.32 Å². The molecule has 1 aromatic rings. The van der Waals surface area contributed by atoms with Gasteiger partial charge in [-0.2, -0.15) is 0 Å². The van der Waals surface area contributed by atoms with Gasteiger partial charge >= 0.3 is 0 Å². The second kappa shape index (κ2) is 4.23. The molecule has 0 bridgehead atoms. The van der Waals surface area contributed by atoms with Crippen molar-refractivity contribution in [3.63, 3.8) is 0 Å². The SMILES string of the molecule is Fc1cc([C@@H]2CCCNC2)cc(F)c1F. The summed E-state index contributed by atoms with van der Waals surface area (Å²) < 4.78 is 38.6. The molecule has 82 valence electrons. The van der Waals surface area contributed by atoms with Gasteiger partial charge in [-0.25, -0.2) is 13.2 Å². The van der Waals surface area contributed by atoms with Crippen LogP contribution < -0.4 is 5.32 Å². The Morgan fingerprint density at radius 1 is 1.13 bits per heavy atom. The molecule has 4 heteroatoms. The van der Waals surface area contributed by atoms with E-state index in [0.29, 0.717) is 12.1 Å². The van der Waals surface area contributed by atoms with Crippen LogP contribution in [-0.4, -0.2) is 13.1 Å². The van der Waals surface area contributed by atoms with Crippen LogP contribution in [0.25, 0.3) is 0 Å². The van der Waals surface area contributed by atoms with Crippen molar-refractivity contribution in [3.05, 3.63) is 35.1 Å². The molecule has 15 heavy (non-hydrogen) atoms. The lowest BCUT2D eigenvalue weighted by Crippen LogP contribution is -2.28. The predicted molar refractivity (Wildman–Crippen MR) is 51.2 cm³/mol. The minimum atomic E-state index is -1.39. The van der Waals surface area contributed by atoms with Gasteiger partial charge in [0.2, 0.25) is 0 Å². The largest absolute Gasteiger partial charge is 0.316 e. The summed E-state index contributed by atoms with van der Waals surface area (Å²) in [6.45, 7) is 1.63. The molecule has 0 amide bonds. The average molecular weight is 215 g/mol. The monoisotopic (exact) mass is 215 g/mol. The van der Waals surface area contributed by atoms with Crippen LogP contribution in [0.2, 0.25) is 0 Å². The molecular formula is C11H12F3N. The highest BCUT2D eigenvalue weighted by Gasteiger charge is 2.19. The molecular weight excluding hydrogens is 203 g/mol. The number of benzene rings is 1. The zero-order chi connectivity index (χ0) is 10.8. The van der Waals surface area contributed by atoms with Crippen LogP contribution in [-0.2, 0) is 0 Å². The molecule has 1 fully saturated rings. The molecule has 1 atom stereocenters. The fraction of sp³-hybridized carbons (Fsp3) is 0.455. The first kappa shape index (κ1) is 10.5. The van der Waals surface area contributed by atoms with E-state index in [1.165, 1.54) is 0 Å². The molecule has 2 rings (SSSR count). The molecule has 1 aliphatic heterocycles. The smallest absolute Gasteiger partial charge is 0.194 e. The predicted octanol–water partition coefficient (Wildman–Crippen LogP) is 2.57. The highest BCUT2D eigenvalue weighted by Crippen LogP contribution is 2.25. The van der Waals surface area contributed by atoms with E-state index in [9.17, 15) is 13.2 Å². The Morgan fingerprint density at radius 3 is 2.33 bits per heavy atom. The molecule has 0 radical (unpaired) electrons. The molecule has 1 saturated heterocycles. The van der Waals surface area contributed by atoms with E-state index >= 15 is 0 Å². The zero-order valence-corrected chi connectivity index (χ0v) is 8.19. The van der Waals surface area contributed by atoms with Crippen molar-refractivity contribution in [1.29, 1.82) is 0 Å². The van der Waals surface area contributed by atoms with E-state index in [1.807, 2.05) is 0 Å². The quantitative estimate of drug-likeness (QED) is 0.710. The summed E-state index contributed by atoms with van der Waals surface area (Å²) in [5.41, 5.74) is 0.540. The standard InChI is InChI=1S/C11H12F3N/c12-9-4-8(5-10(13)11(9)14)7-2-1-3-15-6-7/h4-5,7,15H,1-3,6H2/t7-/m1/s1. The Kier molecular flexibility index (Phi) is 2.95. The number of piperidine rings is 1. The number of hydrogen-bond acceptors (Lipinski definition) is 1. The van der Waals surface area contributed by atoms with Crippen LogP contribution in [0.4, 0.5) is 13.2 Å². The van der Waals surface area contributed by atoms with E-state index in [4.69, 9.17) is 0 Å².